The lowest BCUT2D eigenvalue weighted by atomic mass is 10.5. The molecule has 0 radical (unpaired) electrons. The van der Waals surface area contributed by atoms with Crippen LogP contribution in [0.3, 0.4) is 0 Å². The molecule has 2 amide bonds. The van der Waals surface area contributed by atoms with Crippen LogP contribution in [0.5, 0.6) is 0 Å². The highest BCUT2D eigenvalue weighted by atomic mass is 19.3. The van der Waals surface area contributed by atoms with E-state index >= 15 is 0 Å². The van der Waals surface area contributed by atoms with Crippen molar-refractivity contribution in [1.29, 1.82) is 0 Å². The molecule has 0 aliphatic rings. The summed E-state index contributed by atoms with van der Waals surface area (Å²) in [4.78, 5) is 10.2. The number of hydrogen-bond acceptors (Lipinski definition) is 1. The zero-order valence-corrected chi connectivity index (χ0v) is 5.98. The van der Waals surface area contributed by atoms with Crippen LogP contribution >= 0.6 is 0 Å². The molecule has 66 valence electrons. The first-order valence-electron chi connectivity index (χ1n) is 2.96. The van der Waals surface area contributed by atoms with E-state index in [0.717, 1.165) is 0 Å². The molecule has 0 rings (SSSR count). The zero-order chi connectivity index (χ0) is 9.07. The summed E-state index contributed by atoms with van der Waals surface area (Å²) in [5.74, 6) is 0. The summed E-state index contributed by atoms with van der Waals surface area (Å²) < 4.78 is 36.2. The van der Waals surface area contributed by atoms with Crippen LogP contribution in [0.15, 0.2) is 0 Å². The fourth-order valence-electron chi connectivity index (χ4n) is 0.621. The molecule has 0 aromatic heterocycles. The molecule has 0 spiro atoms. The summed E-state index contributed by atoms with van der Waals surface area (Å²) in [7, 11) is 0. The lowest BCUT2D eigenvalue weighted by Crippen LogP contribution is -2.49. The fraction of sp³-hybridized carbons (Fsp3) is 0.800. The Balaban J connectivity index is 4.36. The van der Waals surface area contributed by atoms with Gasteiger partial charge in [-0.3, -0.25) is 4.90 Å². The van der Waals surface area contributed by atoms with E-state index in [9.17, 15) is 18.0 Å². The van der Waals surface area contributed by atoms with E-state index in [0.29, 0.717) is 0 Å². The molecule has 3 nitrogen and oxygen atoms in total. The van der Waals surface area contributed by atoms with Gasteiger partial charge in [-0.15, -0.1) is 0 Å². The van der Waals surface area contributed by atoms with Crippen LogP contribution in [0.2, 0.25) is 0 Å². The highest BCUT2D eigenvalue weighted by Crippen LogP contribution is 2.19. The Morgan fingerprint density at radius 1 is 1.64 bits per heavy atom. The lowest BCUT2D eigenvalue weighted by molar-refractivity contribution is -0.129. The average molecular weight is 170 g/mol. The highest BCUT2D eigenvalue weighted by Gasteiger charge is 2.38. The number of nitrogens with zero attached hydrogens (tertiary/aromatic N) is 1. The number of alkyl halides is 3. The van der Waals surface area contributed by atoms with Gasteiger partial charge in [-0.05, 0) is 6.92 Å². The molecule has 0 saturated carbocycles. The van der Waals surface area contributed by atoms with E-state index < -0.39 is 18.8 Å². The van der Waals surface area contributed by atoms with Gasteiger partial charge in [-0.25, -0.2) is 9.18 Å². The van der Waals surface area contributed by atoms with Crippen LogP contribution in [0.4, 0.5) is 18.0 Å². The van der Waals surface area contributed by atoms with Crippen molar-refractivity contribution in [3.63, 3.8) is 0 Å². The Labute approximate surface area is 62.0 Å². The number of nitrogens with two attached hydrogens (primary N) is 1. The molecule has 0 aromatic carbocycles. The molecule has 0 saturated heterocycles. The van der Waals surface area contributed by atoms with Gasteiger partial charge >= 0.3 is 12.1 Å². The minimum atomic E-state index is -3.78. The number of rotatable bonds is 3. The second-order valence-corrected chi connectivity index (χ2v) is 1.88. The Kier molecular flexibility index (Phi) is 3.16. The van der Waals surface area contributed by atoms with E-state index in [1.165, 1.54) is 6.92 Å². The van der Waals surface area contributed by atoms with E-state index in [2.05, 4.69) is 5.73 Å². The third-order valence-electron chi connectivity index (χ3n) is 1.14. The molecular weight excluding hydrogens is 161 g/mol. The molecular formula is C5H9F3N2O. The van der Waals surface area contributed by atoms with Crippen molar-refractivity contribution in [3.8, 4) is 0 Å². The van der Waals surface area contributed by atoms with Crippen LogP contribution in [0, 0.1) is 0 Å². The van der Waals surface area contributed by atoms with Crippen LogP contribution < -0.4 is 5.73 Å². The number of primary amides is 1. The first-order chi connectivity index (χ1) is 4.95. The Morgan fingerprint density at radius 2 is 2.09 bits per heavy atom. The molecule has 0 atom stereocenters. The predicted molar refractivity (Wildman–Crippen MR) is 32.9 cm³/mol. The molecule has 0 aromatic rings. The first-order valence-corrected chi connectivity index (χ1v) is 2.96. The molecule has 0 bridgehead atoms. The maximum atomic E-state index is 12.3. The number of hydrogen-bond donors (Lipinski definition) is 1. The van der Waals surface area contributed by atoms with Crippen molar-refractivity contribution in [2.75, 3.05) is 13.2 Å². The summed E-state index contributed by atoms with van der Waals surface area (Å²) in [6.07, 6.45) is 0. The van der Waals surface area contributed by atoms with Gasteiger partial charge in [0.25, 0.3) is 0 Å². The van der Waals surface area contributed by atoms with E-state index in [1.807, 2.05) is 0 Å². The number of amides is 2. The Morgan fingerprint density at radius 3 is 2.18 bits per heavy atom. The summed E-state index contributed by atoms with van der Waals surface area (Å²) in [6, 6.07) is -5.10. The molecule has 2 N–H and O–H groups in total. The van der Waals surface area contributed by atoms with Gasteiger partial charge in [-0.2, -0.15) is 8.78 Å². The maximum absolute atomic E-state index is 12.3. The average Bonchev–Trinajstić information content (AvgIpc) is 1.88. The van der Waals surface area contributed by atoms with Crippen LogP contribution in [0.25, 0.3) is 0 Å². The normalized spacial score (nSPS) is 11.3. The first kappa shape index (κ1) is 10.1. The van der Waals surface area contributed by atoms with E-state index in [4.69, 9.17) is 0 Å². The SMILES string of the molecule is CCN(C(N)=O)C(F)(F)CF. The minimum absolute atomic E-state index is 0.0347. The zero-order valence-electron chi connectivity index (χ0n) is 5.98. The second kappa shape index (κ2) is 3.45. The van der Waals surface area contributed by atoms with Crippen LogP contribution in [-0.2, 0) is 0 Å². The quantitative estimate of drug-likeness (QED) is 0.629. The van der Waals surface area contributed by atoms with Gasteiger partial charge in [0.05, 0.1) is 0 Å². The minimum Gasteiger partial charge on any atom is -0.351 e. The molecule has 0 unspecified atom stereocenters. The Bertz CT molecular complexity index is 151. The van der Waals surface area contributed by atoms with Gasteiger partial charge in [0.15, 0.2) is 6.67 Å². The van der Waals surface area contributed by atoms with Crippen molar-refractivity contribution in [3.05, 3.63) is 0 Å². The molecule has 0 fully saturated rings. The number of carbonyl (C=O) groups is 1. The van der Waals surface area contributed by atoms with Gasteiger partial charge in [-0.1, -0.05) is 0 Å². The predicted octanol–water partition coefficient (Wildman–Crippen LogP) is 0.949. The molecule has 0 heterocycles. The molecule has 11 heavy (non-hydrogen) atoms. The maximum Gasteiger partial charge on any atom is 0.357 e. The van der Waals surface area contributed by atoms with Crippen molar-refractivity contribution in [2.45, 2.75) is 13.0 Å². The highest BCUT2D eigenvalue weighted by molar-refractivity contribution is 5.72. The Hall–Kier alpha value is -0.940. The molecule has 0 aliphatic heterocycles. The third-order valence-corrected chi connectivity index (χ3v) is 1.14. The third kappa shape index (κ3) is 2.28. The van der Waals surface area contributed by atoms with Gasteiger partial charge in [0.1, 0.15) is 0 Å². The summed E-state index contributed by atoms with van der Waals surface area (Å²) in [5, 5.41) is 0. The van der Waals surface area contributed by atoms with Gasteiger partial charge in [0.2, 0.25) is 0 Å². The smallest absolute Gasteiger partial charge is 0.351 e. The van der Waals surface area contributed by atoms with Crippen LogP contribution in [0.1, 0.15) is 6.92 Å². The monoisotopic (exact) mass is 170 g/mol. The number of halogens is 3. The molecule has 6 heteroatoms. The van der Waals surface area contributed by atoms with Crippen LogP contribution in [-0.4, -0.2) is 30.2 Å². The summed E-state index contributed by atoms with van der Waals surface area (Å²) in [5.41, 5.74) is 4.55. The fourth-order valence-corrected chi connectivity index (χ4v) is 0.621. The lowest BCUT2D eigenvalue weighted by Gasteiger charge is -2.25. The standard InChI is InChI=1S/C5H9F3N2O/c1-2-10(4(9)11)5(7,8)3-6/h2-3H2,1H3,(H2,9,11). The molecule has 0 aliphatic carbocycles. The van der Waals surface area contributed by atoms with Crippen molar-refractivity contribution in [1.82, 2.24) is 4.90 Å². The second-order valence-electron chi connectivity index (χ2n) is 1.88. The summed E-state index contributed by atoms with van der Waals surface area (Å²) in [6.45, 7) is -0.940. The number of carbonyl (C=O) groups excluding carboxylic acids is 1. The van der Waals surface area contributed by atoms with Crippen molar-refractivity contribution < 1.29 is 18.0 Å². The van der Waals surface area contributed by atoms with Gasteiger partial charge < -0.3 is 5.73 Å². The van der Waals surface area contributed by atoms with Crippen molar-refractivity contribution >= 4 is 6.03 Å². The largest absolute Gasteiger partial charge is 0.357 e. The van der Waals surface area contributed by atoms with Gasteiger partial charge in [0, 0.05) is 6.54 Å². The topological polar surface area (TPSA) is 46.3 Å². The van der Waals surface area contributed by atoms with E-state index in [-0.39, 0.29) is 11.4 Å². The number of urea groups is 1. The van der Waals surface area contributed by atoms with Crippen molar-refractivity contribution in [2.24, 2.45) is 5.73 Å². The van der Waals surface area contributed by atoms with E-state index in [1.54, 1.807) is 0 Å². The summed E-state index contributed by atoms with van der Waals surface area (Å²) >= 11 is 0.